The lowest BCUT2D eigenvalue weighted by Gasteiger charge is -2.36. The Morgan fingerprint density at radius 3 is 2.38 bits per heavy atom. The van der Waals surface area contributed by atoms with Gasteiger partial charge in [0.2, 0.25) is 5.91 Å². The zero-order valence-electron chi connectivity index (χ0n) is 13.4. The van der Waals surface area contributed by atoms with Crippen molar-refractivity contribution in [2.45, 2.75) is 38.6 Å². The molecule has 1 aliphatic rings. The molecule has 4 heteroatoms. The van der Waals surface area contributed by atoms with E-state index in [2.05, 4.69) is 41.5 Å². The van der Waals surface area contributed by atoms with Crippen LogP contribution in [0.15, 0.2) is 30.3 Å². The Labute approximate surface area is 134 Å². The third-order valence-electron chi connectivity index (χ3n) is 3.77. The van der Waals surface area contributed by atoms with Crippen molar-refractivity contribution in [1.82, 2.24) is 10.2 Å². The van der Waals surface area contributed by atoms with Crippen LogP contribution in [0.4, 0.5) is 0 Å². The largest absolute Gasteiger partial charge is 0.351 e. The number of hydrogen-bond donors (Lipinski definition) is 1. The van der Waals surface area contributed by atoms with Gasteiger partial charge in [-0.2, -0.15) is 0 Å². The maximum Gasteiger partial charge on any atom is 0.224 e. The second-order valence-corrected chi connectivity index (χ2v) is 7.00. The van der Waals surface area contributed by atoms with Crippen molar-refractivity contribution in [3.05, 3.63) is 35.9 Å². The number of nitrogens with zero attached hydrogens (tertiary/aromatic N) is 1. The number of likely N-dealkylation sites (tertiary alicyclic amines) is 1. The summed E-state index contributed by atoms with van der Waals surface area (Å²) < 4.78 is 0. The van der Waals surface area contributed by atoms with Gasteiger partial charge in [-0.1, -0.05) is 30.3 Å². The van der Waals surface area contributed by atoms with Crippen molar-refractivity contribution in [3.63, 3.8) is 0 Å². The van der Waals surface area contributed by atoms with E-state index < -0.39 is 0 Å². The fourth-order valence-corrected chi connectivity index (χ4v) is 2.95. The van der Waals surface area contributed by atoms with Gasteiger partial charge in [0.15, 0.2) is 0 Å². The summed E-state index contributed by atoms with van der Waals surface area (Å²) in [5.74, 6) is 0.717. The van der Waals surface area contributed by atoms with Gasteiger partial charge in [0, 0.05) is 18.6 Å². The van der Waals surface area contributed by atoms with Gasteiger partial charge in [0.25, 0.3) is 0 Å². The summed E-state index contributed by atoms with van der Waals surface area (Å²) in [6, 6.07) is 10.5. The number of amides is 1. The van der Waals surface area contributed by atoms with Gasteiger partial charge in [-0.3, -0.25) is 4.79 Å². The van der Waals surface area contributed by atoms with Crippen molar-refractivity contribution >= 4 is 18.3 Å². The average molecular weight is 311 g/mol. The highest BCUT2D eigenvalue weighted by atomic mass is 35.5. The van der Waals surface area contributed by atoms with E-state index in [0.29, 0.717) is 5.92 Å². The van der Waals surface area contributed by atoms with Crippen LogP contribution in [0.3, 0.4) is 0 Å². The number of piperidine rings is 1. The second-order valence-electron chi connectivity index (χ2n) is 7.00. The molecule has 118 valence electrons. The summed E-state index contributed by atoms with van der Waals surface area (Å²) >= 11 is 0. The first kappa shape index (κ1) is 18.0. The minimum atomic E-state index is -0.157. The van der Waals surface area contributed by atoms with Crippen molar-refractivity contribution in [1.29, 1.82) is 0 Å². The summed E-state index contributed by atoms with van der Waals surface area (Å²) in [6.45, 7) is 7.99. The molecule has 0 saturated carbocycles. The van der Waals surface area contributed by atoms with Gasteiger partial charge < -0.3 is 10.2 Å². The molecule has 1 saturated heterocycles. The topological polar surface area (TPSA) is 32.3 Å². The van der Waals surface area contributed by atoms with Crippen LogP contribution in [0.5, 0.6) is 0 Å². The molecule has 1 aromatic rings. The van der Waals surface area contributed by atoms with Crippen LogP contribution >= 0.6 is 12.4 Å². The summed E-state index contributed by atoms with van der Waals surface area (Å²) in [5, 5.41) is 3.12. The van der Waals surface area contributed by atoms with Crippen molar-refractivity contribution in [2.75, 3.05) is 20.1 Å². The van der Waals surface area contributed by atoms with Crippen LogP contribution in [0.1, 0.15) is 38.7 Å². The SMILES string of the molecule is CN1CC(C(=O)NC(C)(C)C)CC(c2ccccc2)C1.Cl. The number of likely N-dealkylation sites (N-methyl/N-ethyl adjacent to an activating group) is 1. The molecule has 0 spiro atoms. The maximum absolute atomic E-state index is 12.4. The molecule has 0 aliphatic carbocycles. The normalized spacial score (nSPS) is 23.2. The lowest BCUT2D eigenvalue weighted by atomic mass is 9.84. The zero-order valence-corrected chi connectivity index (χ0v) is 14.2. The summed E-state index contributed by atoms with van der Waals surface area (Å²) in [7, 11) is 2.10. The van der Waals surface area contributed by atoms with Gasteiger partial charge in [0.05, 0.1) is 5.92 Å². The van der Waals surface area contributed by atoms with Crippen molar-refractivity contribution < 1.29 is 4.79 Å². The Morgan fingerprint density at radius 1 is 1.19 bits per heavy atom. The number of hydrogen-bond acceptors (Lipinski definition) is 2. The number of carbonyl (C=O) groups excluding carboxylic acids is 1. The van der Waals surface area contributed by atoms with E-state index in [9.17, 15) is 4.79 Å². The highest BCUT2D eigenvalue weighted by Crippen LogP contribution is 2.29. The number of halogens is 1. The molecule has 3 nitrogen and oxygen atoms in total. The molecule has 2 unspecified atom stereocenters. The standard InChI is InChI=1S/C17H26N2O.ClH/c1-17(2,3)18-16(20)15-10-14(11-19(4)12-15)13-8-6-5-7-9-13;/h5-9,14-15H,10-12H2,1-4H3,(H,18,20);1H. The first-order chi connectivity index (χ1) is 9.35. The van der Waals surface area contributed by atoms with Crippen molar-refractivity contribution in [3.8, 4) is 0 Å². The number of rotatable bonds is 2. The predicted molar refractivity (Wildman–Crippen MR) is 89.9 cm³/mol. The first-order valence-electron chi connectivity index (χ1n) is 7.40. The van der Waals surface area contributed by atoms with Crippen LogP contribution < -0.4 is 5.32 Å². The molecule has 2 rings (SSSR count). The van der Waals surface area contributed by atoms with E-state index in [1.54, 1.807) is 0 Å². The van der Waals surface area contributed by atoms with E-state index in [-0.39, 0.29) is 29.8 Å². The molecule has 0 bridgehead atoms. The van der Waals surface area contributed by atoms with Crippen LogP contribution in [0.2, 0.25) is 0 Å². The third kappa shape index (κ3) is 5.33. The smallest absolute Gasteiger partial charge is 0.224 e. The Kier molecular flexibility index (Phi) is 6.24. The quantitative estimate of drug-likeness (QED) is 0.910. The second kappa shape index (κ2) is 7.28. The molecule has 1 N–H and O–H groups in total. The lowest BCUT2D eigenvalue weighted by molar-refractivity contribution is -0.128. The van der Waals surface area contributed by atoms with Gasteiger partial charge in [-0.05, 0) is 45.7 Å². The third-order valence-corrected chi connectivity index (χ3v) is 3.77. The lowest BCUT2D eigenvalue weighted by Crippen LogP contribution is -2.49. The van der Waals surface area contributed by atoms with E-state index in [0.717, 1.165) is 19.5 Å². The van der Waals surface area contributed by atoms with Crippen LogP contribution in [0, 0.1) is 5.92 Å². The Balaban J connectivity index is 0.00000220. The number of carbonyl (C=O) groups is 1. The van der Waals surface area contributed by atoms with Crippen LogP contribution in [-0.2, 0) is 4.79 Å². The van der Waals surface area contributed by atoms with E-state index in [1.165, 1.54) is 5.56 Å². The fraction of sp³-hybridized carbons (Fsp3) is 0.588. The maximum atomic E-state index is 12.4. The Bertz CT molecular complexity index is 456. The van der Waals surface area contributed by atoms with Gasteiger partial charge in [-0.25, -0.2) is 0 Å². The summed E-state index contributed by atoms with van der Waals surface area (Å²) in [5.41, 5.74) is 1.18. The van der Waals surface area contributed by atoms with Crippen molar-refractivity contribution in [2.24, 2.45) is 5.92 Å². The predicted octanol–water partition coefficient (Wildman–Crippen LogP) is 3.06. The summed E-state index contributed by atoms with van der Waals surface area (Å²) in [6.07, 6.45) is 0.941. The highest BCUT2D eigenvalue weighted by Gasteiger charge is 2.32. The summed E-state index contributed by atoms with van der Waals surface area (Å²) in [4.78, 5) is 14.7. The fourth-order valence-electron chi connectivity index (χ4n) is 2.95. The molecule has 0 aromatic heterocycles. The minimum Gasteiger partial charge on any atom is -0.351 e. The molecule has 1 fully saturated rings. The molecular weight excluding hydrogens is 284 g/mol. The van der Waals surface area contributed by atoms with E-state index >= 15 is 0 Å². The Morgan fingerprint density at radius 2 is 1.81 bits per heavy atom. The molecule has 21 heavy (non-hydrogen) atoms. The highest BCUT2D eigenvalue weighted by molar-refractivity contribution is 5.85. The zero-order chi connectivity index (χ0) is 14.8. The molecule has 1 aliphatic heterocycles. The van der Waals surface area contributed by atoms with Gasteiger partial charge >= 0.3 is 0 Å². The average Bonchev–Trinajstić information content (AvgIpc) is 2.37. The molecule has 2 atom stereocenters. The molecule has 1 aromatic carbocycles. The monoisotopic (exact) mass is 310 g/mol. The molecule has 1 heterocycles. The number of nitrogens with one attached hydrogen (secondary N) is 1. The molecule has 1 amide bonds. The minimum absolute atomic E-state index is 0. The van der Waals surface area contributed by atoms with Crippen LogP contribution in [0.25, 0.3) is 0 Å². The van der Waals surface area contributed by atoms with E-state index in [1.807, 2.05) is 26.8 Å². The van der Waals surface area contributed by atoms with E-state index in [4.69, 9.17) is 0 Å². The molecule has 0 radical (unpaired) electrons. The number of benzene rings is 1. The first-order valence-corrected chi connectivity index (χ1v) is 7.40. The van der Waals surface area contributed by atoms with Gasteiger partial charge in [0.1, 0.15) is 0 Å². The van der Waals surface area contributed by atoms with Gasteiger partial charge in [-0.15, -0.1) is 12.4 Å². The van der Waals surface area contributed by atoms with Crippen LogP contribution in [-0.4, -0.2) is 36.5 Å². The Hall–Kier alpha value is -1.06. The molecular formula is C17H27ClN2O.